The van der Waals surface area contributed by atoms with Crippen LogP contribution in [0.4, 0.5) is 5.13 Å². The maximum atomic E-state index is 10.7. The molecule has 2 heterocycles. The molecule has 0 amide bonds. The Hall–Kier alpha value is -1.21. The first kappa shape index (κ1) is 12.3. The molecule has 0 unspecified atom stereocenters. The van der Waals surface area contributed by atoms with Gasteiger partial charge in [0.1, 0.15) is 5.82 Å². The Morgan fingerprint density at radius 3 is 2.88 bits per heavy atom. The Morgan fingerprint density at radius 2 is 2.24 bits per heavy atom. The summed E-state index contributed by atoms with van der Waals surface area (Å²) in [7, 11) is 0. The molecule has 0 radical (unpaired) electrons. The van der Waals surface area contributed by atoms with E-state index in [1.165, 1.54) is 11.5 Å². The molecule has 1 fully saturated rings. The van der Waals surface area contributed by atoms with Crippen molar-refractivity contribution in [2.45, 2.75) is 13.3 Å². The lowest BCUT2D eigenvalue weighted by molar-refractivity contribution is -0.138. The maximum absolute atomic E-state index is 10.7. The van der Waals surface area contributed by atoms with E-state index in [0.717, 1.165) is 43.6 Å². The Morgan fingerprint density at radius 1 is 1.41 bits per heavy atom. The standard InChI is InChI=1S/C10H16N4O2S/c1-8-11-10(17-12-8)14-4-2-3-13(5-6-14)7-9(15)16/h2-7H2,1H3,(H,15,16). The van der Waals surface area contributed by atoms with Gasteiger partial charge in [0.25, 0.3) is 0 Å². The molecule has 1 aliphatic rings. The van der Waals surface area contributed by atoms with E-state index in [4.69, 9.17) is 5.11 Å². The van der Waals surface area contributed by atoms with E-state index in [2.05, 4.69) is 14.3 Å². The number of carboxylic acids is 1. The number of aliphatic carboxylic acids is 1. The van der Waals surface area contributed by atoms with E-state index in [-0.39, 0.29) is 6.54 Å². The van der Waals surface area contributed by atoms with Crippen LogP contribution in [0.5, 0.6) is 0 Å². The summed E-state index contributed by atoms with van der Waals surface area (Å²) in [6.07, 6.45) is 0.964. The highest BCUT2D eigenvalue weighted by Gasteiger charge is 2.18. The molecule has 1 aromatic heterocycles. The smallest absolute Gasteiger partial charge is 0.317 e. The van der Waals surface area contributed by atoms with Crippen molar-refractivity contribution in [3.05, 3.63) is 5.82 Å². The first-order valence-electron chi connectivity index (χ1n) is 5.64. The number of aromatic nitrogens is 2. The van der Waals surface area contributed by atoms with Crippen LogP contribution in [0.1, 0.15) is 12.2 Å². The number of nitrogens with zero attached hydrogens (tertiary/aromatic N) is 4. The highest BCUT2D eigenvalue weighted by atomic mass is 32.1. The average Bonchev–Trinajstić information content (AvgIpc) is 2.56. The summed E-state index contributed by atoms with van der Waals surface area (Å²) in [6.45, 7) is 5.36. The molecule has 1 N–H and O–H groups in total. The fourth-order valence-electron chi connectivity index (χ4n) is 1.93. The molecule has 0 saturated carbocycles. The molecule has 0 atom stereocenters. The Balaban J connectivity index is 1.93. The summed E-state index contributed by atoms with van der Waals surface area (Å²) < 4.78 is 4.17. The molecule has 1 aromatic rings. The minimum absolute atomic E-state index is 0.128. The highest BCUT2D eigenvalue weighted by Crippen LogP contribution is 2.18. The van der Waals surface area contributed by atoms with Crippen molar-refractivity contribution in [3.8, 4) is 0 Å². The number of aryl methyl sites for hydroxylation is 1. The predicted octanol–water partition coefficient (Wildman–Crippen LogP) is 0.443. The predicted molar refractivity (Wildman–Crippen MR) is 65.6 cm³/mol. The second kappa shape index (κ2) is 5.42. The number of anilines is 1. The molecule has 6 nitrogen and oxygen atoms in total. The number of hydrogen-bond donors (Lipinski definition) is 1. The number of carboxylic acid groups (broad SMARTS) is 1. The zero-order valence-electron chi connectivity index (χ0n) is 9.80. The van der Waals surface area contributed by atoms with Crippen molar-refractivity contribution in [2.75, 3.05) is 37.6 Å². The van der Waals surface area contributed by atoms with Gasteiger partial charge in [-0.25, -0.2) is 4.98 Å². The van der Waals surface area contributed by atoms with Crippen LogP contribution < -0.4 is 4.90 Å². The van der Waals surface area contributed by atoms with Gasteiger partial charge in [-0.1, -0.05) is 0 Å². The van der Waals surface area contributed by atoms with Gasteiger partial charge in [-0.05, 0) is 13.3 Å². The summed E-state index contributed by atoms with van der Waals surface area (Å²) in [6, 6.07) is 0. The second-order valence-electron chi connectivity index (χ2n) is 4.13. The van der Waals surface area contributed by atoms with Crippen LogP contribution in [0.25, 0.3) is 0 Å². The third-order valence-corrected chi connectivity index (χ3v) is 3.60. The molecule has 94 valence electrons. The molecule has 2 rings (SSSR count). The SMILES string of the molecule is Cc1nsc(N2CCCN(CC(=O)O)CC2)n1. The number of rotatable bonds is 3. The van der Waals surface area contributed by atoms with Gasteiger partial charge in [-0.2, -0.15) is 4.37 Å². The summed E-state index contributed by atoms with van der Waals surface area (Å²) >= 11 is 1.41. The van der Waals surface area contributed by atoms with Gasteiger partial charge < -0.3 is 10.0 Å². The van der Waals surface area contributed by atoms with Crippen molar-refractivity contribution in [3.63, 3.8) is 0 Å². The first-order chi connectivity index (χ1) is 8.15. The van der Waals surface area contributed by atoms with E-state index in [9.17, 15) is 4.79 Å². The van der Waals surface area contributed by atoms with Crippen molar-refractivity contribution < 1.29 is 9.90 Å². The van der Waals surface area contributed by atoms with Gasteiger partial charge in [-0.3, -0.25) is 9.69 Å². The van der Waals surface area contributed by atoms with Crippen LogP contribution in [0.15, 0.2) is 0 Å². The van der Waals surface area contributed by atoms with E-state index in [1.807, 2.05) is 11.8 Å². The third kappa shape index (κ3) is 3.37. The van der Waals surface area contributed by atoms with Gasteiger partial charge >= 0.3 is 5.97 Å². The van der Waals surface area contributed by atoms with Crippen molar-refractivity contribution in [1.29, 1.82) is 0 Å². The van der Waals surface area contributed by atoms with Crippen LogP contribution in [-0.4, -0.2) is 58.1 Å². The monoisotopic (exact) mass is 256 g/mol. The van der Waals surface area contributed by atoms with Gasteiger partial charge in [0, 0.05) is 37.7 Å². The second-order valence-corrected chi connectivity index (χ2v) is 4.86. The van der Waals surface area contributed by atoms with Gasteiger partial charge in [0.05, 0.1) is 6.54 Å². The van der Waals surface area contributed by atoms with Crippen LogP contribution in [0.2, 0.25) is 0 Å². The molecule has 17 heavy (non-hydrogen) atoms. The fourth-order valence-corrected chi connectivity index (χ4v) is 2.65. The molecule has 0 spiro atoms. The molecule has 7 heteroatoms. The molecular weight excluding hydrogens is 240 g/mol. The molecular formula is C10H16N4O2S. The first-order valence-corrected chi connectivity index (χ1v) is 6.42. The minimum atomic E-state index is -0.759. The zero-order chi connectivity index (χ0) is 12.3. The average molecular weight is 256 g/mol. The van der Waals surface area contributed by atoms with E-state index in [1.54, 1.807) is 0 Å². The zero-order valence-corrected chi connectivity index (χ0v) is 10.6. The largest absolute Gasteiger partial charge is 0.480 e. The normalized spacial score (nSPS) is 18.1. The van der Waals surface area contributed by atoms with E-state index >= 15 is 0 Å². The summed E-state index contributed by atoms with van der Waals surface area (Å²) in [5.74, 6) is 0.0434. The topological polar surface area (TPSA) is 69.6 Å². The van der Waals surface area contributed by atoms with Crippen LogP contribution >= 0.6 is 11.5 Å². The van der Waals surface area contributed by atoms with E-state index < -0.39 is 5.97 Å². The highest BCUT2D eigenvalue weighted by molar-refractivity contribution is 7.09. The maximum Gasteiger partial charge on any atom is 0.317 e. The van der Waals surface area contributed by atoms with Crippen LogP contribution in [0, 0.1) is 6.92 Å². The molecule has 1 saturated heterocycles. The van der Waals surface area contributed by atoms with Gasteiger partial charge in [0.2, 0.25) is 5.13 Å². The van der Waals surface area contributed by atoms with Crippen LogP contribution in [0.3, 0.4) is 0 Å². The Labute approximate surface area is 104 Å². The summed E-state index contributed by atoms with van der Waals surface area (Å²) in [5.41, 5.74) is 0. The molecule has 1 aliphatic heterocycles. The molecule has 0 aromatic carbocycles. The van der Waals surface area contributed by atoms with Gasteiger partial charge in [-0.15, -0.1) is 0 Å². The quantitative estimate of drug-likeness (QED) is 0.846. The number of hydrogen-bond acceptors (Lipinski definition) is 6. The summed E-state index contributed by atoms with van der Waals surface area (Å²) in [4.78, 5) is 19.2. The summed E-state index contributed by atoms with van der Waals surface area (Å²) in [5, 5.41) is 9.71. The lowest BCUT2D eigenvalue weighted by Gasteiger charge is -2.19. The van der Waals surface area contributed by atoms with Crippen molar-refractivity contribution in [2.24, 2.45) is 0 Å². The lowest BCUT2D eigenvalue weighted by atomic mass is 10.4. The Bertz CT molecular complexity index is 395. The molecule has 0 aliphatic carbocycles. The Kier molecular flexibility index (Phi) is 3.90. The number of carbonyl (C=O) groups is 1. The third-order valence-electron chi connectivity index (χ3n) is 2.73. The van der Waals surface area contributed by atoms with Gasteiger partial charge in [0.15, 0.2) is 0 Å². The van der Waals surface area contributed by atoms with Crippen molar-refractivity contribution >= 4 is 22.6 Å². The van der Waals surface area contributed by atoms with E-state index in [0.29, 0.717) is 0 Å². The molecule has 0 bridgehead atoms. The lowest BCUT2D eigenvalue weighted by Crippen LogP contribution is -2.34. The fraction of sp³-hybridized carbons (Fsp3) is 0.700. The van der Waals surface area contributed by atoms with Crippen molar-refractivity contribution in [1.82, 2.24) is 14.3 Å². The van der Waals surface area contributed by atoms with Crippen LogP contribution in [-0.2, 0) is 4.79 Å². The minimum Gasteiger partial charge on any atom is -0.480 e.